The summed E-state index contributed by atoms with van der Waals surface area (Å²) in [7, 11) is -4.05. The van der Waals surface area contributed by atoms with Crippen molar-refractivity contribution in [1.29, 1.82) is 0 Å². The quantitative estimate of drug-likeness (QED) is 0.643. The molecule has 29 heavy (non-hydrogen) atoms. The van der Waals surface area contributed by atoms with Crippen LogP contribution in [0.2, 0.25) is 0 Å². The molecule has 0 atom stereocenters. The van der Waals surface area contributed by atoms with Gasteiger partial charge in [-0.2, -0.15) is 8.42 Å². The first-order valence-corrected chi connectivity index (χ1v) is 9.45. The number of anilines is 1. The van der Waals surface area contributed by atoms with Crippen molar-refractivity contribution in [1.82, 2.24) is 0 Å². The average molecular weight is 433 g/mol. The second-order valence-corrected chi connectivity index (χ2v) is 7.30. The van der Waals surface area contributed by atoms with Crippen LogP contribution in [0.5, 0.6) is 11.5 Å². The SMILES string of the molecule is CCS(=O)(=O)Oc1cccc(C(=O)Nc2ccc(OC(F)(F)F)cc2)c1C(=O)O. The molecule has 0 aromatic heterocycles. The molecule has 0 saturated carbocycles. The summed E-state index contributed by atoms with van der Waals surface area (Å²) in [6.07, 6.45) is -4.87. The van der Waals surface area contributed by atoms with Crippen LogP contribution in [-0.2, 0) is 10.1 Å². The van der Waals surface area contributed by atoms with E-state index < -0.39 is 56.7 Å². The number of carbonyl (C=O) groups is 2. The van der Waals surface area contributed by atoms with Crippen molar-refractivity contribution < 1.29 is 45.2 Å². The van der Waals surface area contributed by atoms with E-state index >= 15 is 0 Å². The van der Waals surface area contributed by atoms with Gasteiger partial charge in [0.1, 0.15) is 11.3 Å². The molecular formula is C17H14F3NO7S. The zero-order valence-electron chi connectivity index (χ0n) is 14.7. The van der Waals surface area contributed by atoms with Crippen molar-refractivity contribution in [2.24, 2.45) is 0 Å². The average Bonchev–Trinajstić information content (AvgIpc) is 2.61. The topological polar surface area (TPSA) is 119 Å². The van der Waals surface area contributed by atoms with Crippen molar-refractivity contribution in [2.75, 3.05) is 11.1 Å². The largest absolute Gasteiger partial charge is 0.573 e. The normalized spacial score (nSPS) is 11.6. The minimum absolute atomic E-state index is 0.0494. The lowest BCUT2D eigenvalue weighted by molar-refractivity contribution is -0.274. The molecule has 0 fully saturated rings. The molecule has 0 aliphatic carbocycles. The summed E-state index contributed by atoms with van der Waals surface area (Å²) in [4.78, 5) is 24.0. The van der Waals surface area contributed by atoms with E-state index in [1.807, 2.05) is 0 Å². The molecule has 0 bridgehead atoms. The van der Waals surface area contributed by atoms with E-state index in [-0.39, 0.29) is 5.69 Å². The summed E-state index contributed by atoms with van der Waals surface area (Å²) in [5.74, 6) is -4.02. The van der Waals surface area contributed by atoms with E-state index in [9.17, 15) is 36.3 Å². The summed E-state index contributed by atoms with van der Waals surface area (Å²) in [6.45, 7) is 1.29. The molecule has 0 unspecified atom stereocenters. The van der Waals surface area contributed by atoms with Crippen LogP contribution in [0.4, 0.5) is 18.9 Å². The van der Waals surface area contributed by atoms with Gasteiger partial charge in [0.05, 0.1) is 11.3 Å². The fourth-order valence-corrected chi connectivity index (χ4v) is 2.67. The first-order chi connectivity index (χ1) is 13.4. The number of nitrogens with one attached hydrogen (secondary N) is 1. The molecule has 8 nitrogen and oxygen atoms in total. The predicted octanol–water partition coefficient (Wildman–Crippen LogP) is 3.26. The Morgan fingerprint density at radius 2 is 1.72 bits per heavy atom. The number of carboxylic acid groups (broad SMARTS) is 1. The zero-order chi connectivity index (χ0) is 21.8. The Bertz CT molecular complexity index is 1020. The van der Waals surface area contributed by atoms with Gasteiger partial charge < -0.3 is 19.3 Å². The van der Waals surface area contributed by atoms with Gasteiger partial charge in [-0.3, -0.25) is 4.79 Å². The summed E-state index contributed by atoms with van der Waals surface area (Å²) < 4.78 is 68.2. The molecule has 0 aliphatic heterocycles. The molecule has 0 heterocycles. The van der Waals surface area contributed by atoms with Gasteiger partial charge in [-0.25, -0.2) is 4.79 Å². The molecule has 2 aromatic rings. The highest BCUT2D eigenvalue weighted by atomic mass is 32.2. The molecular weight excluding hydrogens is 419 g/mol. The minimum Gasteiger partial charge on any atom is -0.478 e. The maximum Gasteiger partial charge on any atom is 0.573 e. The first-order valence-electron chi connectivity index (χ1n) is 7.87. The van der Waals surface area contributed by atoms with Crippen molar-refractivity contribution >= 4 is 27.7 Å². The fourth-order valence-electron chi connectivity index (χ4n) is 2.14. The molecule has 2 N–H and O–H groups in total. The molecule has 1 amide bonds. The number of carboxylic acids is 1. The molecule has 156 valence electrons. The standard InChI is InChI=1S/C17H14F3NO7S/c1-2-29(25,26)28-13-5-3-4-12(14(13)16(23)24)15(22)21-10-6-8-11(9-7-10)27-17(18,19)20/h3-9H,2H2,1H3,(H,21,22)(H,23,24). The number of hydrogen-bond acceptors (Lipinski definition) is 6. The highest BCUT2D eigenvalue weighted by Crippen LogP contribution is 2.27. The molecule has 0 saturated heterocycles. The third kappa shape index (κ3) is 6.10. The van der Waals surface area contributed by atoms with Crippen LogP contribution >= 0.6 is 0 Å². The van der Waals surface area contributed by atoms with Gasteiger partial charge in [0.25, 0.3) is 5.91 Å². The fraction of sp³-hybridized carbons (Fsp3) is 0.176. The van der Waals surface area contributed by atoms with Gasteiger partial charge in [0.2, 0.25) is 0 Å². The van der Waals surface area contributed by atoms with Crippen LogP contribution in [0.1, 0.15) is 27.6 Å². The van der Waals surface area contributed by atoms with Crippen LogP contribution in [0.25, 0.3) is 0 Å². The lowest BCUT2D eigenvalue weighted by atomic mass is 10.1. The summed E-state index contributed by atoms with van der Waals surface area (Å²) in [5, 5.41) is 11.7. The van der Waals surface area contributed by atoms with Gasteiger partial charge in [-0.1, -0.05) is 6.07 Å². The van der Waals surface area contributed by atoms with Gasteiger partial charge in [0.15, 0.2) is 5.75 Å². The van der Waals surface area contributed by atoms with E-state index in [4.69, 9.17) is 4.18 Å². The van der Waals surface area contributed by atoms with Gasteiger partial charge in [-0.15, -0.1) is 13.2 Å². The first kappa shape index (κ1) is 22.0. The third-order valence-corrected chi connectivity index (χ3v) is 4.54. The zero-order valence-corrected chi connectivity index (χ0v) is 15.5. The number of carbonyl (C=O) groups excluding carboxylic acids is 1. The van der Waals surface area contributed by atoms with Gasteiger partial charge >= 0.3 is 22.4 Å². The van der Waals surface area contributed by atoms with E-state index in [0.29, 0.717) is 0 Å². The smallest absolute Gasteiger partial charge is 0.478 e. The van der Waals surface area contributed by atoms with Crippen molar-refractivity contribution in [3.63, 3.8) is 0 Å². The number of ether oxygens (including phenoxy) is 1. The van der Waals surface area contributed by atoms with Crippen LogP contribution in [0, 0.1) is 0 Å². The monoisotopic (exact) mass is 433 g/mol. The maximum absolute atomic E-state index is 12.4. The lowest BCUT2D eigenvalue weighted by Crippen LogP contribution is -2.19. The summed E-state index contributed by atoms with van der Waals surface area (Å²) in [6, 6.07) is 7.57. The van der Waals surface area contributed by atoms with E-state index in [2.05, 4.69) is 10.1 Å². The summed E-state index contributed by atoms with van der Waals surface area (Å²) in [5.41, 5.74) is -1.04. The van der Waals surface area contributed by atoms with Crippen LogP contribution in [0.3, 0.4) is 0 Å². The molecule has 12 heteroatoms. The number of alkyl halides is 3. The number of halogens is 3. The minimum atomic E-state index is -4.87. The second kappa shape index (κ2) is 8.39. The molecule has 0 radical (unpaired) electrons. The van der Waals surface area contributed by atoms with Crippen LogP contribution in [-0.4, -0.2) is 37.5 Å². The van der Waals surface area contributed by atoms with E-state index in [1.165, 1.54) is 13.0 Å². The van der Waals surface area contributed by atoms with Crippen molar-refractivity contribution in [2.45, 2.75) is 13.3 Å². The second-order valence-electron chi connectivity index (χ2n) is 5.44. The van der Waals surface area contributed by atoms with Crippen LogP contribution in [0.15, 0.2) is 42.5 Å². The van der Waals surface area contributed by atoms with E-state index in [0.717, 1.165) is 36.4 Å². The highest BCUT2D eigenvalue weighted by molar-refractivity contribution is 7.87. The van der Waals surface area contributed by atoms with Crippen LogP contribution < -0.4 is 14.2 Å². The maximum atomic E-state index is 12.4. The molecule has 2 aromatic carbocycles. The molecule has 2 rings (SSSR count). The highest BCUT2D eigenvalue weighted by Gasteiger charge is 2.31. The molecule has 0 spiro atoms. The Morgan fingerprint density at radius 3 is 2.24 bits per heavy atom. The Labute approximate surface area is 163 Å². The Kier molecular flexibility index (Phi) is 6.37. The number of benzene rings is 2. The summed E-state index contributed by atoms with van der Waals surface area (Å²) >= 11 is 0. The Morgan fingerprint density at radius 1 is 1.10 bits per heavy atom. The van der Waals surface area contributed by atoms with Crippen molar-refractivity contribution in [3.05, 3.63) is 53.6 Å². The number of amides is 1. The van der Waals surface area contributed by atoms with Gasteiger partial charge in [0, 0.05) is 5.69 Å². The number of aromatic carboxylic acids is 1. The Balaban J connectivity index is 2.30. The van der Waals surface area contributed by atoms with Gasteiger partial charge in [-0.05, 0) is 43.3 Å². The van der Waals surface area contributed by atoms with Crippen molar-refractivity contribution in [3.8, 4) is 11.5 Å². The lowest BCUT2D eigenvalue weighted by Gasteiger charge is -2.13. The number of hydrogen-bond donors (Lipinski definition) is 2. The Hall–Kier alpha value is -3.28. The number of rotatable bonds is 7. The molecule has 0 aliphatic rings. The third-order valence-electron chi connectivity index (χ3n) is 3.40. The van der Waals surface area contributed by atoms with E-state index in [1.54, 1.807) is 0 Å². The predicted molar refractivity (Wildman–Crippen MR) is 94.6 cm³/mol.